The largest absolute Gasteiger partial charge is 0.493 e. The number of unbranched alkanes of at least 4 members (excludes halogenated alkanes) is 1. The third kappa shape index (κ3) is 5.24. The molecule has 0 bridgehead atoms. The van der Waals surface area contributed by atoms with Crippen molar-refractivity contribution < 1.29 is 14.3 Å². The number of aryl methyl sites for hydroxylation is 2. The highest BCUT2D eigenvalue weighted by molar-refractivity contribution is 5.97. The molecule has 0 aliphatic carbocycles. The summed E-state index contributed by atoms with van der Waals surface area (Å²) in [5.41, 5.74) is 2.05. The summed E-state index contributed by atoms with van der Waals surface area (Å²) >= 11 is 0. The maximum absolute atomic E-state index is 12.6. The molecule has 0 spiro atoms. The highest BCUT2D eigenvalue weighted by Crippen LogP contribution is 2.28. The number of hydrogen-bond acceptors (Lipinski definition) is 3. The zero-order valence-corrected chi connectivity index (χ0v) is 15.4. The van der Waals surface area contributed by atoms with Gasteiger partial charge < -0.3 is 14.8 Å². The summed E-state index contributed by atoms with van der Waals surface area (Å²) in [6.45, 7) is 10.7. The predicted molar refractivity (Wildman–Crippen MR) is 95.3 cm³/mol. The van der Waals surface area contributed by atoms with Crippen LogP contribution in [0.25, 0.3) is 0 Å². The van der Waals surface area contributed by atoms with E-state index in [0.29, 0.717) is 13.0 Å². The summed E-state index contributed by atoms with van der Waals surface area (Å²) in [6.07, 6.45) is 3.68. The second-order valence-electron chi connectivity index (χ2n) is 6.28. The maximum Gasteiger partial charge on any atom is 0.256 e. The van der Waals surface area contributed by atoms with Gasteiger partial charge in [0, 0.05) is 12.8 Å². The van der Waals surface area contributed by atoms with Crippen LogP contribution in [-0.4, -0.2) is 25.2 Å². The molecule has 23 heavy (non-hydrogen) atoms. The van der Waals surface area contributed by atoms with Crippen molar-refractivity contribution in [2.24, 2.45) is 0 Å². The second-order valence-corrected chi connectivity index (χ2v) is 6.28. The van der Waals surface area contributed by atoms with E-state index in [9.17, 15) is 4.79 Å². The van der Waals surface area contributed by atoms with Crippen molar-refractivity contribution in [3.63, 3.8) is 0 Å². The third-order valence-corrected chi connectivity index (χ3v) is 4.11. The number of nitrogens with one attached hydrogen (secondary N) is 1. The fraction of sp³-hybridized carbons (Fsp3) is 0.632. The number of benzene rings is 1. The molecule has 0 aromatic heterocycles. The molecule has 4 nitrogen and oxygen atoms in total. The van der Waals surface area contributed by atoms with Crippen molar-refractivity contribution in [2.45, 2.75) is 65.9 Å². The molecule has 1 atom stereocenters. The van der Waals surface area contributed by atoms with Crippen molar-refractivity contribution in [2.75, 3.05) is 19.0 Å². The van der Waals surface area contributed by atoms with Crippen LogP contribution in [0, 0.1) is 13.8 Å². The first-order valence-corrected chi connectivity index (χ1v) is 8.48. The Morgan fingerprint density at radius 2 is 1.78 bits per heavy atom. The summed E-state index contributed by atoms with van der Waals surface area (Å²) < 4.78 is 11.3. The topological polar surface area (TPSA) is 47.6 Å². The first-order valence-electron chi connectivity index (χ1n) is 8.48. The van der Waals surface area contributed by atoms with E-state index in [1.807, 2.05) is 32.9 Å². The number of ether oxygens (including phenoxy) is 2. The number of methoxy groups -OCH3 is 1. The van der Waals surface area contributed by atoms with Crippen LogP contribution < -0.4 is 10.1 Å². The minimum Gasteiger partial charge on any atom is -0.493 e. The fourth-order valence-electron chi connectivity index (χ4n) is 2.54. The van der Waals surface area contributed by atoms with Crippen LogP contribution >= 0.6 is 0 Å². The number of carbonyl (C=O) groups excluding carboxylic acids is 1. The molecule has 0 heterocycles. The average Bonchev–Trinajstić information content (AvgIpc) is 2.51. The lowest BCUT2D eigenvalue weighted by atomic mass is 9.97. The Labute approximate surface area is 140 Å². The van der Waals surface area contributed by atoms with Crippen molar-refractivity contribution in [1.82, 2.24) is 0 Å². The summed E-state index contributed by atoms with van der Waals surface area (Å²) in [5, 5.41) is 2.99. The Kier molecular flexibility index (Phi) is 7.56. The summed E-state index contributed by atoms with van der Waals surface area (Å²) in [6, 6.07) is 3.90. The zero-order chi connectivity index (χ0) is 17.5. The van der Waals surface area contributed by atoms with Gasteiger partial charge in [0.15, 0.2) is 0 Å². The molecule has 1 rings (SSSR count). The molecule has 4 heteroatoms. The van der Waals surface area contributed by atoms with Crippen LogP contribution in [0.3, 0.4) is 0 Å². The van der Waals surface area contributed by atoms with Crippen molar-refractivity contribution >= 4 is 11.6 Å². The van der Waals surface area contributed by atoms with Gasteiger partial charge in [0.2, 0.25) is 0 Å². The lowest BCUT2D eigenvalue weighted by Crippen LogP contribution is -2.41. The molecular formula is C19H31NO3. The van der Waals surface area contributed by atoms with Crippen LogP contribution in [0.4, 0.5) is 5.69 Å². The molecular weight excluding hydrogens is 290 g/mol. The Hall–Kier alpha value is -1.55. The fourth-order valence-corrected chi connectivity index (χ4v) is 2.54. The standard InChI is InChI=1S/C19H31NO3/c1-7-9-10-19(5,22-6)18(21)20-16-12-14(3)17(15(4)13-16)23-11-8-2/h12-13H,7-11H2,1-6H3,(H,20,21)/t19-/m0/s1. The molecule has 0 aliphatic heterocycles. The van der Waals surface area contributed by atoms with Crippen LogP contribution in [0.15, 0.2) is 12.1 Å². The Morgan fingerprint density at radius 3 is 2.26 bits per heavy atom. The molecule has 0 fully saturated rings. The van der Waals surface area contributed by atoms with Crippen molar-refractivity contribution in [1.29, 1.82) is 0 Å². The highest BCUT2D eigenvalue weighted by Gasteiger charge is 2.32. The van der Waals surface area contributed by atoms with Gasteiger partial charge in [-0.1, -0.05) is 26.7 Å². The maximum atomic E-state index is 12.6. The molecule has 130 valence electrons. The highest BCUT2D eigenvalue weighted by atomic mass is 16.5. The summed E-state index contributed by atoms with van der Waals surface area (Å²) in [4.78, 5) is 12.6. The number of hydrogen-bond donors (Lipinski definition) is 1. The summed E-state index contributed by atoms with van der Waals surface area (Å²) in [5.74, 6) is 0.805. The number of amides is 1. The molecule has 0 radical (unpaired) electrons. The normalized spacial score (nSPS) is 13.5. The first-order chi connectivity index (χ1) is 10.9. The molecule has 1 N–H and O–H groups in total. The van der Waals surface area contributed by atoms with E-state index in [-0.39, 0.29) is 5.91 Å². The van der Waals surface area contributed by atoms with Gasteiger partial charge in [0.05, 0.1) is 6.61 Å². The average molecular weight is 321 g/mol. The molecule has 0 aliphatic rings. The van der Waals surface area contributed by atoms with Gasteiger partial charge >= 0.3 is 0 Å². The van der Waals surface area contributed by atoms with Crippen molar-refractivity contribution in [3.8, 4) is 5.75 Å². The van der Waals surface area contributed by atoms with E-state index < -0.39 is 5.60 Å². The lowest BCUT2D eigenvalue weighted by Gasteiger charge is -2.27. The Bertz CT molecular complexity index is 504. The van der Waals surface area contributed by atoms with Crippen LogP contribution in [0.1, 0.15) is 57.6 Å². The monoisotopic (exact) mass is 321 g/mol. The Morgan fingerprint density at radius 1 is 1.17 bits per heavy atom. The second kappa shape index (κ2) is 8.92. The van der Waals surface area contributed by atoms with Gasteiger partial charge in [-0.25, -0.2) is 0 Å². The van der Waals surface area contributed by atoms with Crippen LogP contribution in [0.5, 0.6) is 5.75 Å². The molecule has 1 aromatic carbocycles. The molecule has 0 saturated heterocycles. The zero-order valence-electron chi connectivity index (χ0n) is 15.4. The smallest absolute Gasteiger partial charge is 0.256 e. The van der Waals surface area contributed by atoms with E-state index in [1.54, 1.807) is 7.11 Å². The van der Waals surface area contributed by atoms with Gasteiger partial charge in [0.25, 0.3) is 5.91 Å². The van der Waals surface area contributed by atoms with Crippen LogP contribution in [-0.2, 0) is 9.53 Å². The van der Waals surface area contributed by atoms with E-state index in [0.717, 1.165) is 41.8 Å². The SMILES string of the molecule is CCCC[C@](C)(OC)C(=O)Nc1cc(C)c(OCCC)c(C)c1. The van der Waals surface area contributed by atoms with Crippen LogP contribution in [0.2, 0.25) is 0 Å². The lowest BCUT2D eigenvalue weighted by molar-refractivity contribution is -0.136. The van der Waals surface area contributed by atoms with Crippen molar-refractivity contribution in [3.05, 3.63) is 23.3 Å². The molecule has 1 aromatic rings. The van der Waals surface area contributed by atoms with E-state index in [1.165, 1.54) is 0 Å². The van der Waals surface area contributed by atoms with E-state index in [4.69, 9.17) is 9.47 Å². The number of anilines is 1. The van der Waals surface area contributed by atoms with E-state index in [2.05, 4.69) is 19.2 Å². The van der Waals surface area contributed by atoms with Gasteiger partial charge in [-0.2, -0.15) is 0 Å². The number of carbonyl (C=O) groups is 1. The predicted octanol–water partition coefficient (Wildman–Crippen LogP) is 4.63. The minimum atomic E-state index is -0.796. The van der Waals surface area contributed by atoms with Gasteiger partial charge in [-0.15, -0.1) is 0 Å². The van der Waals surface area contributed by atoms with Gasteiger partial charge in [-0.3, -0.25) is 4.79 Å². The van der Waals surface area contributed by atoms with Gasteiger partial charge in [-0.05, 0) is 56.9 Å². The summed E-state index contributed by atoms with van der Waals surface area (Å²) in [7, 11) is 1.59. The van der Waals surface area contributed by atoms with Gasteiger partial charge in [0.1, 0.15) is 11.4 Å². The molecule has 0 unspecified atom stereocenters. The quantitative estimate of drug-likeness (QED) is 0.721. The number of rotatable bonds is 9. The Balaban J connectivity index is 2.89. The molecule has 1 amide bonds. The minimum absolute atomic E-state index is 0.102. The third-order valence-electron chi connectivity index (χ3n) is 4.11. The molecule has 0 saturated carbocycles. The van der Waals surface area contributed by atoms with E-state index >= 15 is 0 Å². The first kappa shape index (κ1) is 19.5.